The number of benzene rings is 1. The predicted octanol–water partition coefficient (Wildman–Crippen LogP) is 0.887. The zero-order valence-electron chi connectivity index (χ0n) is 11.5. The molecule has 0 fully saturated rings. The first-order chi connectivity index (χ1) is 9.83. The average Bonchev–Trinajstić information content (AvgIpc) is 2.43. The van der Waals surface area contributed by atoms with Crippen molar-refractivity contribution >= 4 is 16.0 Å². The van der Waals surface area contributed by atoms with E-state index >= 15 is 0 Å². The Balaban J connectivity index is 2.40. The van der Waals surface area contributed by atoms with Gasteiger partial charge in [-0.2, -0.15) is 5.10 Å². The van der Waals surface area contributed by atoms with Crippen LogP contribution in [0.25, 0.3) is 0 Å². The standard InChI is InChI=1S/C12H14FN5O2S/c1-7-8(2)16-17-12(15-7)18-21(19,20)11-5-9(6-14)3-4-10(11)13/h3-5H,6,14H2,1-2H3,(H,15,17,18). The molecule has 2 aromatic rings. The molecule has 2 rings (SSSR count). The number of hydrogen-bond donors (Lipinski definition) is 2. The molecule has 7 nitrogen and oxygen atoms in total. The van der Waals surface area contributed by atoms with Crippen LogP contribution in [0.3, 0.4) is 0 Å². The second-order valence-corrected chi connectivity index (χ2v) is 6.03. The first-order valence-electron chi connectivity index (χ1n) is 6.02. The summed E-state index contributed by atoms with van der Waals surface area (Å²) < 4.78 is 40.2. The summed E-state index contributed by atoms with van der Waals surface area (Å²) >= 11 is 0. The number of nitrogens with one attached hydrogen (secondary N) is 1. The number of nitrogens with two attached hydrogens (primary N) is 1. The van der Waals surface area contributed by atoms with Crippen LogP contribution in [0.15, 0.2) is 23.1 Å². The summed E-state index contributed by atoms with van der Waals surface area (Å²) in [4.78, 5) is 3.44. The van der Waals surface area contributed by atoms with Crippen LogP contribution in [0.4, 0.5) is 10.3 Å². The lowest BCUT2D eigenvalue weighted by Gasteiger charge is -2.09. The maximum atomic E-state index is 13.7. The molecule has 112 valence electrons. The van der Waals surface area contributed by atoms with Crippen molar-refractivity contribution in [1.29, 1.82) is 0 Å². The van der Waals surface area contributed by atoms with Crippen LogP contribution >= 0.6 is 0 Å². The molecule has 0 spiro atoms. The first-order valence-corrected chi connectivity index (χ1v) is 7.51. The number of anilines is 1. The van der Waals surface area contributed by atoms with Gasteiger partial charge in [0.25, 0.3) is 16.0 Å². The van der Waals surface area contributed by atoms with Gasteiger partial charge in [0.15, 0.2) is 0 Å². The quantitative estimate of drug-likeness (QED) is 0.867. The number of nitrogens with zero attached hydrogens (tertiary/aromatic N) is 3. The van der Waals surface area contributed by atoms with Gasteiger partial charge in [-0.05, 0) is 31.5 Å². The van der Waals surface area contributed by atoms with Gasteiger partial charge in [-0.1, -0.05) is 6.07 Å². The minimum atomic E-state index is -4.15. The molecule has 0 bridgehead atoms. The highest BCUT2D eigenvalue weighted by Crippen LogP contribution is 2.18. The monoisotopic (exact) mass is 311 g/mol. The maximum absolute atomic E-state index is 13.7. The van der Waals surface area contributed by atoms with Gasteiger partial charge in [0.1, 0.15) is 10.7 Å². The van der Waals surface area contributed by atoms with E-state index in [1.807, 2.05) is 0 Å². The lowest BCUT2D eigenvalue weighted by Crippen LogP contribution is -2.18. The van der Waals surface area contributed by atoms with Crippen molar-refractivity contribution in [3.8, 4) is 0 Å². The van der Waals surface area contributed by atoms with Crippen LogP contribution < -0.4 is 10.5 Å². The zero-order valence-corrected chi connectivity index (χ0v) is 12.3. The van der Waals surface area contributed by atoms with E-state index in [1.54, 1.807) is 13.8 Å². The molecule has 1 aromatic carbocycles. The van der Waals surface area contributed by atoms with Gasteiger partial charge < -0.3 is 5.73 Å². The maximum Gasteiger partial charge on any atom is 0.267 e. The summed E-state index contributed by atoms with van der Waals surface area (Å²) in [6.45, 7) is 3.46. The third-order valence-electron chi connectivity index (χ3n) is 2.84. The molecule has 0 unspecified atom stereocenters. The van der Waals surface area contributed by atoms with E-state index in [2.05, 4.69) is 19.9 Å². The molecule has 0 saturated heterocycles. The Hall–Kier alpha value is -2.13. The fourth-order valence-corrected chi connectivity index (χ4v) is 2.62. The van der Waals surface area contributed by atoms with Gasteiger partial charge in [0.05, 0.1) is 11.4 Å². The lowest BCUT2D eigenvalue weighted by atomic mass is 10.2. The minimum absolute atomic E-state index is 0.102. The summed E-state index contributed by atoms with van der Waals surface area (Å²) in [7, 11) is -4.15. The third kappa shape index (κ3) is 3.31. The predicted molar refractivity (Wildman–Crippen MR) is 74.4 cm³/mol. The molecule has 1 aromatic heterocycles. The second kappa shape index (κ2) is 5.70. The van der Waals surface area contributed by atoms with E-state index in [-0.39, 0.29) is 12.5 Å². The minimum Gasteiger partial charge on any atom is -0.326 e. The van der Waals surface area contributed by atoms with E-state index in [1.165, 1.54) is 12.1 Å². The highest BCUT2D eigenvalue weighted by atomic mass is 32.2. The number of hydrogen-bond acceptors (Lipinski definition) is 6. The Bertz CT molecular complexity index is 779. The Labute approximate surface area is 121 Å². The second-order valence-electron chi connectivity index (χ2n) is 4.38. The van der Waals surface area contributed by atoms with Crippen molar-refractivity contribution in [3.05, 3.63) is 41.0 Å². The third-order valence-corrected chi connectivity index (χ3v) is 4.18. The van der Waals surface area contributed by atoms with Crippen molar-refractivity contribution in [1.82, 2.24) is 15.2 Å². The number of aromatic nitrogens is 3. The van der Waals surface area contributed by atoms with Gasteiger partial charge in [0, 0.05) is 6.54 Å². The highest BCUT2D eigenvalue weighted by Gasteiger charge is 2.21. The van der Waals surface area contributed by atoms with E-state index in [0.717, 1.165) is 6.07 Å². The number of sulfonamides is 1. The topological polar surface area (TPSA) is 111 Å². The molecule has 0 saturated carbocycles. The molecule has 3 N–H and O–H groups in total. The van der Waals surface area contributed by atoms with Gasteiger partial charge in [-0.3, -0.25) is 0 Å². The van der Waals surface area contributed by atoms with Gasteiger partial charge in [0.2, 0.25) is 0 Å². The molecule has 21 heavy (non-hydrogen) atoms. The SMILES string of the molecule is Cc1nnc(NS(=O)(=O)c2cc(CN)ccc2F)nc1C. The van der Waals surface area contributed by atoms with Crippen LogP contribution in [-0.2, 0) is 16.6 Å². The smallest absolute Gasteiger partial charge is 0.267 e. The molecule has 0 aliphatic carbocycles. The van der Waals surface area contributed by atoms with Gasteiger partial charge >= 0.3 is 0 Å². The Morgan fingerprint density at radius 1 is 1.24 bits per heavy atom. The van der Waals surface area contributed by atoms with E-state index in [0.29, 0.717) is 17.0 Å². The molecule has 0 radical (unpaired) electrons. The van der Waals surface area contributed by atoms with Crippen LogP contribution in [-0.4, -0.2) is 23.6 Å². The first kappa shape index (κ1) is 15.3. The molecule has 0 amide bonds. The molecular formula is C12H14FN5O2S. The Kier molecular flexibility index (Phi) is 4.14. The Morgan fingerprint density at radius 3 is 2.57 bits per heavy atom. The molecular weight excluding hydrogens is 297 g/mol. The fraction of sp³-hybridized carbons (Fsp3) is 0.250. The highest BCUT2D eigenvalue weighted by molar-refractivity contribution is 7.92. The largest absolute Gasteiger partial charge is 0.326 e. The molecule has 9 heteroatoms. The zero-order chi connectivity index (χ0) is 15.6. The van der Waals surface area contributed by atoms with Gasteiger partial charge in [-0.25, -0.2) is 22.5 Å². The Morgan fingerprint density at radius 2 is 1.95 bits per heavy atom. The summed E-state index contributed by atoms with van der Waals surface area (Å²) in [5, 5.41) is 7.38. The van der Waals surface area contributed by atoms with Crippen LogP contribution in [0.2, 0.25) is 0 Å². The van der Waals surface area contributed by atoms with Crippen molar-refractivity contribution in [2.75, 3.05) is 4.72 Å². The van der Waals surface area contributed by atoms with Crippen molar-refractivity contribution in [3.63, 3.8) is 0 Å². The molecule has 1 heterocycles. The summed E-state index contributed by atoms with van der Waals surface area (Å²) in [6, 6.07) is 3.64. The summed E-state index contributed by atoms with van der Waals surface area (Å²) in [5.74, 6) is -1.09. The van der Waals surface area contributed by atoms with Crippen LogP contribution in [0, 0.1) is 19.7 Å². The molecule has 0 atom stereocenters. The van der Waals surface area contributed by atoms with Crippen LogP contribution in [0.1, 0.15) is 17.0 Å². The number of rotatable bonds is 4. The van der Waals surface area contributed by atoms with Crippen molar-refractivity contribution in [2.24, 2.45) is 5.73 Å². The summed E-state index contributed by atoms with van der Waals surface area (Å²) in [5.41, 5.74) is 7.03. The normalized spacial score (nSPS) is 11.4. The average molecular weight is 311 g/mol. The number of halogens is 1. The fourth-order valence-electron chi connectivity index (χ4n) is 1.56. The van der Waals surface area contributed by atoms with E-state index in [9.17, 15) is 12.8 Å². The van der Waals surface area contributed by atoms with Crippen molar-refractivity contribution in [2.45, 2.75) is 25.3 Å². The molecule has 0 aliphatic heterocycles. The number of aryl methyl sites for hydroxylation is 2. The lowest BCUT2D eigenvalue weighted by molar-refractivity contribution is 0.569. The van der Waals surface area contributed by atoms with Crippen molar-refractivity contribution < 1.29 is 12.8 Å². The van der Waals surface area contributed by atoms with E-state index in [4.69, 9.17) is 5.73 Å². The van der Waals surface area contributed by atoms with E-state index < -0.39 is 20.7 Å². The van der Waals surface area contributed by atoms with Gasteiger partial charge in [-0.15, -0.1) is 5.10 Å². The molecule has 0 aliphatic rings. The summed E-state index contributed by atoms with van der Waals surface area (Å²) in [6.07, 6.45) is 0. The van der Waals surface area contributed by atoms with Crippen LogP contribution in [0.5, 0.6) is 0 Å².